The van der Waals surface area contributed by atoms with Gasteiger partial charge in [0.25, 0.3) is 0 Å². The van der Waals surface area contributed by atoms with Crippen LogP contribution in [-0.4, -0.2) is 25.5 Å². The van der Waals surface area contributed by atoms with Crippen LogP contribution in [-0.2, 0) is 14.8 Å². The fourth-order valence-electron chi connectivity index (χ4n) is 2.42. The zero-order valence-electron chi connectivity index (χ0n) is 11.1. The summed E-state index contributed by atoms with van der Waals surface area (Å²) >= 11 is 6.50. The zero-order valence-corrected chi connectivity index (χ0v) is 15.0. The van der Waals surface area contributed by atoms with Gasteiger partial charge in [-0.05, 0) is 59.8 Å². The second-order valence-corrected chi connectivity index (χ2v) is 8.54. The van der Waals surface area contributed by atoms with Crippen LogP contribution in [0, 0.1) is 5.92 Å². The number of carboxylic acids is 1. The van der Waals surface area contributed by atoms with E-state index in [-0.39, 0.29) is 16.9 Å². The first-order valence-electron chi connectivity index (χ1n) is 6.50. The van der Waals surface area contributed by atoms with Gasteiger partial charge in [-0.15, -0.1) is 0 Å². The standard InChI is InChI=1S/C13H15Br2NO4S/c14-9-3-6-11(15)12(7-9)21(19,20)16-10-4-1-8(2-5-10)13(17)18/h3,6-8,10,16H,1-2,4-5H2,(H,17,18). The molecule has 0 radical (unpaired) electrons. The number of nitrogens with one attached hydrogen (secondary N) is 1. The van der Waals surface area contributed by atoms with Crippen molar-refractivity contribution in [3.63, 3.8) is 0 Å². The first-order chi connectivity index (χ1) is 9.79. The molecule has 1 fully saturated rings. The molecule has 0 bridgehead atoms. The molecular weight excluding hydrogens is 426 g/mol. The van der Waals surface area contributed by atoms with Gasteiger partial charge in [0.05, 0.1) is 10.8 Å². The van der Waals surface area contributed by atoms with Gasteiger partial charge in [0.1, 0.15) is 0 Å². The minimum absolute atomic E-state index is 0.178. The highest BCUT2D eigenvalue weighted by Gasteiger charge is 2.29. The van der Waals surface area contributed by atoms with Crippen LogP contribution in [0.25, 0.3) is 0 Å². The van der Waals surface area contributed by atoms with Crippen molar-refractivity contribution in [2.45, 2.75) is 36.6 Å². The number of carbonyl (C=O) groups is 1. The summed E-state index contributed by atoms with van der Waals surface area (Å²) in [5.74, 6) is -1.16. The van der Waals surface area contributed by atoms with Crippen LogP contribution in [0.1, 0.15) is 25.7 Å². The quantitative estimate of drug-likeness (QED) is 0.753. The third-order valence-electron chi connectivity index (χ3n) is 3.58. The van der Waals surface area contributed by atoms with Gasteiger partial charge in [0, 0.05) is 15.0 Å². The van der Waals surface area contributed by atoms with E-state index in [0.717, 1.165) is 0 Å². The minimum atomic E-state index is -3.63. The van der Waals surface area contributed by atoms with Crippen molar-refractivity contribution >= 4 is 47.9 Å². The molecule has 1 aromatic carbocycles. The highest BCUT2D eigenvalue weighted by Crippen LogP contribution is 2.28. The maximum absolute atomic E-state index is 12.4. The van der Waals surface area contributed by atoms with Crippen molar-refractivity contribution < 1.29 is 18.3 Å². The Morgan fingerprint density at radius 3 is 2.38 bits per heavy atom. The molecule has 0 heterocycles. The molecule has 0 unspecified atom stereocenters. The molecule has 1 aliphatic carbocycles. The average molecular weight is 441 g/mol. The van der Waals surface area contributed by atoms with Crippen LogP contribution in [0.4, 0.5) is 0 Å². The molecule has 0 aliphatic heterocycles. The lowest BCUT2D eigenvalue weighted by Crippen LogP contribution is -2.38. The number of hydrogen-bond donors (Lipinski definition) is 2. The third kappa shape index (κ3) is 4.28. The molecule has 2 N–H and O–H groups in total. The van der Waals surface area contributed by atoms with Crippen LogP contribution < -0.4 is 4.72 Å². The number of rotatable bonds is 4. The Morgan fingerprint density at radius 1 is 1.19 bits per heavy atom. The second-order valence-electron chi connectivity index (χ2n) is 5.08. The highest BCUT2D eigenvalue weighted by atomic mass is 79.9. The van der Waals surface area contributed by atoms with Crippen LogP contribution in [0.15, 0.2) is 32.0 Å². The largest absolute Gasteiger partial charge is 0.481 e. The van der Waals surface area contributed by atoms with Crippen LogP contribution >= 0.6 is 31.9 Å². The zero-order chi connectivity index (χ0) is 15.6. The number of sulfonamides is 1. The summed E-state index contributed by atoms with van der Waals surface area (Å²) in [6, 6.07) is 4.74. The Morgan fingerprint density at radius 2 is 1.81 bits per heavy atom. The number of halogens is 2. The van der Waals surface area contributed by atoms with E-state index < -0.39 is 16.0 Å². The van der Waals surface area contributed by atoms with E-state index in [1.807, 2.05) is 0 Å². The van der Waals surface area contributed by atoms with Crippen molar-refractivity contribution in [3.8, 4) is 0 Å². The lowest BCUT2D eigenvalue weighted by molar-refractivity contribution is -0.142. The Hall–Kier alpha value is -0.440. The van der Waals surface area contributed by atoms with E-state index in [1.54, 1.807) is 12.1 Å². The average Bonchev–Trinajstić information content (AvgIpc) is 2.41. The van der Waals surface area contributed by atoms with Gasteiger partial charge in [0.15, 0.2) is 0 Å². The van der Waals surface area contributed by atoms with Gasteiger partial charge in [-0.2, -0.15) is 0 Å². The number of aliphatic carboxylic acids is 1. The van der Waals surface area contributed by atoms with E-state index in [2.05, 4.69) is 36.6 Å². The minimum Gasteiger partial charge on any atom is -0.481 e. The summed E-state index contributed by atoms with van der Waals surface area (Å²) in [5.41, 5.74) is 0. The van der Waals surface area contributed by atoms with Gasteiger partial charge in [-0.25, -0.2) is 13.1 Å². The van der Waals surface area contributed by atoms with Gasteiger partial charge < -0.3 is 5.11 Å². The maximum Gasteiger partial charge on any atom is 0.306 e. The van der Waals surface area contributed by atoms with Gasteiger partial charge >= 0.3 is 5.97 Å². The summed E-state index contributed by atoms with van der Waals surface area (Å²) in [7, 11) is -3.63. The van der Waals surface area contributed by atoms with Gasteiger partial charge in [-0.1, -0.05) is 15.9 Å². The predicted octanol–water partition coefficient (Wildman–Crippen LogP) is 3.13. The molecule has 0 saturated heterocycles. The summed E-state index contributed by atoms with van der Waals surface area (Å²) in [6.45, 7) is 0. The van der Waals surface area contributed by atoms with E-state index in [0.29, 0.717) is 34.6 Å². The number of benzene rings is 1. The fourth-order valence-corrected chi connectivity index (χ4v) is 5.23. The molecule has 8 heteroatoms. The topological polar surface area (TPSA) is 83.5 Å². The molecule has 0 atom stereocenters. The monoisotopic (exact) mass is 439 g/mol. The Balaban J connectivity index is 2.09. The maximum atomic E-state index is 12.4. The second kappa shape index (κ2) is 6.76. The SMILES string of the molecule is O=C(O)C1CCC(NS(=O)(=O)c2cc(Br)ccc2Br)CC1. The summed E-state index contributed by atoms with van der Waals surface area (Å²) in [6.07, 6.45) is 2.09. The first kappa shape index (κ1) is 16.9. The van der Waals surface area contributed by atoms with Crippen LogP contribution in [0.3, 0.4) is 0 Å². The lowest BCUT2D eigenvalue weighted by atomic mass is 9.87. The van der Waals surface area contributed by atoms with Gasteiger partial charge in [-0.3, -0.25) is 4.79 Å². The number of hydrogen-bond acceptors (Lipinski definition) is 3. The van der Waals surface area contributed by atoms with E-state index in [1.165, 1.54) is 6.07 Å². The molecule has 0 amide bonds. The molecule has 0 spiro atoms. The molecule has 1 saturated carbocycles. The van der Waals surface area contributed by atoms with Gasteiger partial charge in [0.2, 0.25) is 10.0 Å². The molecule has 21 heavy (non-hydrogen) atoms. The van der Waals surface area contributed by atoms with Crippen LogP contribution in [0.5, 0.6) is 0 Å². The lowest BCUT2D eigenvalue weighted by Gasteiger charge is -2.26. The first-order valence-corrected chi connectivity index (χ1v) is 9.56. The van der Waals surface area contributed by atoms with Crippen molar-refractivity contribution in [1.29, 1.82) is 0 Å². The van der Waals surface area contributed by atoms with E-state index in [4.69, 9.17) is 5.11 Å². The molecule has 116 valence electrons. The van der Waals surface area contributed by atoms with Crippen molar-refractivity contribution in [3.05, 3.63) is 27.1 Å². The van der Waals surface area contributed by atoms with E-state index >= 15 is 0 Å². The van der Waals surface area contributed by atoms with E-state index in [9.17, 15) is 13.2 Å². The molecule has 0 aromatic heterocycles. The Labute approximate surface area is 140 Å². The molecule has 1 aromatic rings. The molecule has 1 aliphatic rings. The smallest absolute Gasteiger partial charge is 0.306 e. The normalized spacial score (nSPS) is 23.0. The van der Waals surface area contributed by atoms with Crippen molar-refractivity contribution in [2.24, 2.45) is 5.92 Å². The highest BCUT2D eigenvalue weighted by molar-refractivity contribution is 9.11. The number of carboxylic acid groups (broad SMARTS) is 1. The summed E-state index contributed by atoms with van der Waals surface area (Å²) in [5, 5.41) is 8.95. The van der Waals surface area contributed by atoms with Crippen LogP contribution in [0.2, 0.25) is 0 Å². The summed E-state index contributed by atoms with van der Waals surface area (Å²) < 4.78 is 28.7. The Kier molecular flexibility index (Phi) is 5.45. The predicted molar refractivity (Wildman–Crippen MR) is 85.5 cm³/mol. The third-order valence-corrected chi connectivity index (χ3v) is 6.59. The fraction of sp³-hybridized carbons (Fsp3) is 0.462. The molecule has 5 nitrogen and oxygen atoms in total. The summed E-state index contributed by atoms with van der Waals surface area (Å²) in [4.78, 5) is 11.1. The molecule has 2 rings (SSSR count). The Bertz CT molecular complexity index is 640. The van der Waals surface area contributed by atoms with Crippen molar-refractivity contribution in [2.75, 3.05) is 0 Å². The van der Waals surface area contributed by atoms with Crippen molar-refractivity contribution in [1.82, 2.24) is 4.72 Å². The molecular formula is C13H15Br2NO4S.